The van der Waals surface area contributed by atoms with Gasteiger partial charge < -0.3 is 19.5 Å². The van der Waals surface area contributed by atoms with Crippen LogP contribution < -0.4 is 4.74 Å². The van der Waals surface area contributed by atoms with Crippen molar-refractivity contribution in [1.29, 1.82) is 0 Å². The lowest BCUT2D eigenvalue weighted by molar-refractivity contribution is -0.192. The van der Waals surface area contributed by atoms with E-state index in [2.05, 4.69) is 17.0 Å². The third-order valence-electron chi connectivity index (χ3n) is 5.75. The minimum absolute atomic E-state index is 0.0578. The topological polar surface area (TPSA) is 79.3 Å². The number of amides is 1. The van der Waals surface area contributed by atoms with Crippen LogP contribution in [0.25, 0.3) is 0 Å². The zero-order valence-electron chi connectivity index (χ0n) is 17.3. The van der Waals surface area contributed by atoms with Crippen LogP contribution in [-0.2, 0) is 20.9 Å². The number of carboxylic acid groups (broad SMARTS) is 1. The van der Waals surface area contributed by atoms with Gasteiger partial charge in [0.2, 0.25) is 5.91 Å². The molecule has 3 heterocycles. The van der Waals surface area contributed by atoms with Gasteiger partial charge in [-0.15, -0.1) is 0 Å². The average molecular weight is 444 g/mol. The summed E-state index contributed by atoms with van der Waals surface area (Å²) in [4.78, 5) is 26.1. The van der Waals surface area contributed by atoms with Gasteiger partial charge in [0, 0.05) is 32.7 Å². The van der Waals surface area contributed by atoms with Crippen molar-refractivity contribution in [3.05, 3.63) is 29.8 Å². The summed E-state index contributed by atoms with van der Waals surface area (Å²) >= 11 is 0. The minimum Gasteiger partial charge on any atom is -0.497 e. The van der Waals surface area contributed by atoms with E-state index >= 15 is 0 Å². The summed E-state index contributed by atoms with van der Waals surface area (Å²) in [7, 11) is 1.70. The Morgan fingerprint density at radius 3 is 2.52 bits per heavy atom. The van der Waals surface area contributed by atoms with Crippen LogP contribution in [0.4, 0.5) is 13.2 Å². The fourth-order valence-corrected chi connectivity index (χ4v) is 4.33. The second kappa shape index (κ2) is 9.86. The highest BCUT2D eigenvalue weighted by atomic mass is 19.4. The van der Waals surface area contributed by atoms with Gasteiger partial charge in [-0.2, -0.15) is 13.2 Å². The van der Waals surface area contributed by atoms with Crippen molar-refractivity contribution in [2.45, 2.75) is 44.2 Å². The number of morpholine rings is 1. The van der Waals surface area contributed by atoms with E-state index in [4.69, 9.17) is 19.4 Å². The molecule has 1 aromatic rings. The number of benzene rings is 1. The predicted molar refractivity (Wildman–Crippen MR) is 105 cm³/mol. The van der Waals surface area contributed by atoms with Gasteiger partial charge in [-0.1, -0.05) is 12.1 Å². The minimum atomic E-state index is -5.08. The van der Waals surface area contributed by atoms with Crippen LogP contribution >= 0.6 is 0 Å². The monoisotopic (exact) mass is 444 g/mol. The van der Waals surface area contributed by atoms with E-state index in [9.17, 15) is 18.0 Å². The fourth-order valence-electron chi connectivity index (χ4n) is 4.33. The summed E-state index contributed by atoms with van der Waals surface area (Å²) in [5.74, 6) is -1.48. The molecule has 1 N–H and O–H groups in total. The lowest BCUT2D eigenvalue weighted by atomic mass is 9.99. The average Bonchev–Trinajstić information content (AvgIpc) is 3.35. The number of likely N-dealkylation sites (tertiary alicyclic amines) is 2. The summed E-state index contributed by atoms with van der Waals surface area (Å²) < 4.78 is 43.1. The van der Waals surface area contributed by atoms with E-state index < -0.39 is 12.1 Å². The van der Waals surface area contributed by atoms with E-state index in [1.54, 1.807) is 7.11 Å². The second-order valence-electron chi connectivity index (χ2n) is 8.02. The molecule has 1 amide bonds. The van der Waals surface area contributed by atoms with Crippen LogP contribution in [0.15, 0.2) is 24.3 Å². The van der Waals surface area contributed by atoms with Gasteiger partial charge in [0.05, 0.1) is 25.2 Å². The predicted octanol–water partition coefficient (Wildman–Crippen LogP) is 2.54. The molecule has 3 fully saturated rings. The molecule has 3 saturated heterocycles. The molecule has 10 heteroatoms. The number of halogens is 3. The number of carbonyl (C=O) groups is 2. The molecule has 0 radical (unpaired) electrons. The molecule has 7 nitrogen and oxygen atoms in total. The summed E-state index contributed by atoms with van der Waals surface area (Å²) in [6.45, 7) is 4.51. The number of ether oxygens (including phenoxy) is 2. The van der Waals surface area contributed by atoms with Crippen LogP contribution in [0.1, 0.15) is 24.8 Å². The number of hydrogen-bond donors (Lipinski definition) is 1. The number of aliphatic carboxylic acids is 1. The Balaban J connectivity index is 0.000000339. The van der Waals surface area contributed by atoms with E-state index in [1.807, 2.05) is 17.0 Å². The van der Waals surface area contributed by atoms with Crippen molar-refractivity contribution in [2.24, 2.45) is 5.92 Å². The molecule has 3 aliphatic rings. The number of fused-ring (bicyclic) bond motifs is 2. The Bertz CT molecular complexity index is 783. The van der Waals surface area contributed by atoms with E-state index in [1.165, 1.54) is 5.56 Å². The molecular weight excluding hydrogens is 417 g/mol. The van der Waals surface area contributed by atoms with Gasteiger partial charge in [-0.05, 0) is 37.0 Å². The van der Waals surface area contributed by atoms with E-state index in [-0.39, 0.29) is 18.1 Å². The SMILES string of the molecule is COc1cccc(CN2CC3CC(C(=O)N4CCCC4)C(C2)O3)c1.O=C(O)C(F)(F)F. The molecule has 0 spiro atoms. The molecule has 0 saturated carbocycles. The molecule has 31 heavy (non-hydrogen) atoms. The number of hydrogen-bond acceptors (Lipinski definition) is 5. The zero-order valence-corrected chi connectivity index (χ0v) is 17.3. The van der Waals surface area contributed by atoms with Crippen LogP contribution in [0.2, 0.25) is 0 Å². The van der Waals surface area contributed by atoms with Crippen LogP contribution in [0.3, 0.4) is 0 Å². The molecule has 1 aromatic carbocycles. The van der Waals surface area contributed by atoms with E-state index in [0.29, 0.717) is 5.91 Å². The van der Waals surface area contributed by atoms with Crippen molar-refractivity contribution in [1.82, 2.24) is 9.80 Å². The van der Waals surface area contributed by atoms with Crippen LogP contribution in [0.5, 0.6) is 5.75 Å². The molecular formula is C21H27F3N2O5. The molecule has 2 bridgehead atoms. The maximum absolute atomic E-state index is 12.7. The standard InChI is InChI=1S/C19H26N2O3.C2HF3O2/c1-23-15-6-4-5-14(9-15)11-20-12-16-10-17(18(13-20)24-16)19(22)21-7-2-3-8-21;3-2(4,5)1(6)7/h4-6,9,16-18H,2-3,7-8,10-13H2,1H3;(H,6,7). The molecule has 0 aliphatic carbocycles. The number of alkyl halides is 3. The molecule has 0 aromatic heterocycles. The lowest BCUT2D eigenvalue weighted by Crippen LogP contribution is -2.45. The summed E-state index contributed by atoms with van der Waals surface area (Å²) in [5, 5.41) is 7.12. The Morgan fingerprint density at radius 2 is 1.90 bits per heavy atom. The number of rotatable bonds is 4. The Morgan fingerprint density at radius 1 is 1.23 bits per heavy atom. The summed E-state index contributed by atoms with van der Waals surface area (Å²) in [5.41, 5.74) is 1.25. The normalized spacial score (nSPS) is 25.7. The summed E-state index contributed by atoms with van der Waals surface area (Å²) in [6, 6.07) is 8.22. The largest absolute Gasteiger partial charge is 0.497 e. The first-order valence-corrected chi connectivity index (χ1v) is 10.3. The Kier molecular flexibility index (Phi) is 7.42. The second-order valence-corrected chi connectivity index (χ2v) is 8.02. The van der Waals surface area contributed by atoms with Crippen LogP contribution in [-0.4, -0.2) is 78.5 Å². The Labute approximate surface area is 178 Å². The molecule has 3 unspecified atom stereocenters. The quantitative estimate of drug-likeness (QED) is 0.769. The number of carboxylic acids is 1. The fraction of sp³-hybridized carbons (Fsp3) is 0.619. The maximum Gasteiger partial charge on any atom is 0.490 e. The first kappa shape index (κ1) is 23.3. The summed E-state index contributed by atoms with van der Waals surface area (Å²) in [6.07, 6.45) is -1.65. The van der Waals surface area contributed by atoms with Crippen molar-refractivity contribution >= 4 is 11.9 Å². The van der Waals surface area contributed by atoms with Crippen molar-refractivity contribution in [3.8, 4) is 5.75 Å². The molecule has 172 valence electrons. The van der Waals surface area contributed by atoms with Gasteiger partial charge >= 0.3 is 12.1 Å². The van der Waals surface area contributed by atoms with Crippen LogP contribution in [0, 0.1) is 5.92 Å². The maximum atomic E-state index is 12.7. The number of methoxy groups -OCH3 is 1. The third kappa shape index (κ3) is 6.10. The van der Waals surface area contributed by atoms with Gasteiger partial charge in [-0.3, -0.25) is 9.69 Å². The molecule has 3 aliphatic heterocycles. The van der Waals surface area contributed by atoms with Crippen molar-refractivity contribution < 1.29 is 37.3 Å². The highest BCUT2D eigenvalue weighted by molar-refractivity contribution is 5.80. The number of nitrogens with zero attached hydrogens (tertiary/aromatic N) is 2. The van der Waals surface area contributed by atoms with Gasteiger partial charge in [0.25, 0.3) is 0 Å². The third-order valence-corrected chi connectivity index (χ3v) is 5.75. The first-order chi connectivity index (χ1) is 14.7. The first-order valence-electron chi connectivity index (χ1n) is 10.3. The van der Waals surface area contributed by atoms with Gasteiger partial charge in [0.15, 0.2) is 0 Å². The van der Waals surface area contributed by atoms with Gasteiger partial charge in [-0.25, -0.2) is 4.79 Å². The lowest BCUT2D eigenvalue weighted by Gasteiger charge is -2.33. The smallest absolute Gasteiger partial charge is 0.490 e. The number of carbonyl (C=O) groups excluding carboxylic acids is 1. The van der Waals surface area contributed by atoms with E-state index in [0.717, 1.165) is 57.7 Å². The highest BCUT2D eigenvalue weighted by Gasteiger charge is 2.46. The molecule has 3 atom stereocenters. The Hall–Kier alpha value is -2.33. The zero-order chi connectivity index (χ0) is 22.6. The van der Waals surface area contributed by atoms with Crippen molar-refractivity contribution in [2.75, 3.05) is 33.3 Å². The van der Waals surface area contributed by atoms with Gasteiger partial charge in [0.1, 0.15) is 5.75 Å². The van der Waals surface area contributed by atoms with Crippen molar-refractivity contribution in [3.63, 3.8) is 0 Å². The highest BCUT2D eigenvalue weighted by Crippen LogP contribution is 2.34. The molecule has 4 rings (SSSR count).